The van der Waals surface area contributed by atoms with E-state index in [1.54, 1.807) is 12.1 Å². The predicted molar refractivity (Wildman–Crippen MR) is 87.9 cm³/mol. The lowest BCUT2D eigenvalue weighted by Gasteiger charge is -2.14. The van der Waals surface area contributed by atoms with E-state index in [4.69, 9.17) is 15.1 Å². The Morgan fingerprint density at radius 3 is 2.70 bits per heavy atom. The number of ether oxygens (including phenoxy) is 1. The Hall–Kier alpha value is -2.30. The van der Waals surface area contributed by atoms with Crippen molar-refractivity contribution in [1.29, 1.82) is 5.26 Å². The minimum atomic E-state index is -1.14. The lowest BCUT2D eigenvalue weighted by atomic mass is 10.2. The topological polar surface area (TPSA) is 99.4 Å². The van der Waals surface area contributed by atoms with Crippen molar-refractivity contribution in [2.45, 2.75) is 11.8 Å². The van der Waals surface area contributed by atoms with E-state index in [0.717, 1.165) is 5.56 Å². The Bertz CT molecular complexity index is 581. The first-order chi connectivity index (χ1) is 11.1. The molecule has 122 valence electrons. The van der Waals surface area contributed by atoms with Crippen molar-refractivity contribution in [2.75, 3.05) is 19.0 Å². The smallest absolute Gasteiger partial charge is 0.328 e. The number of nitriles is 1. The number of nitrogens with one attached hydrogen (secondary N) is 1. The number of carbonyl (C=O) groups excluding carboxylic acids is 1. The van der Waals surface area contributed by atoms with Crippen LogP contribution in [0.4, 0.5) is 0 Å². The summed E-state index contributed by atoms with van der Waals surface area (Å²) in [6.45, 7) is 3.59. The van der Waals surface area contributed by atoms with Crippen LogP contribution >= 0.6 is 11.8 Å². The fourth-order valence-corrected chi connectivity index (χ4v) is 2.42. The summed E-state index contributed by atoms with van der Waals surface area (Å²) in [4.78, 5) is 22.8. The molecule has 0 aliphatic carbocycles. The fourth-order valence-electron chi connectivity index (χ4n) is 1.62. The number of hydrogen-bond acceptors (Lipinski definition) is 5. The summed E-state index contributed by atoms with van der Waals surface area (Å²) >= 11 is 1.37. The Kier molecular flexibility index (Phi) is 8.50. The number of aliphatic carboxylic acids is 1. The van der Waals surface area contributed by atoms with Gasteiger partial charge in [0.05, 0.1) is 30.6 Å². The van der Waals surface area contributed by atoms with Crippen molar-refractivity contribution in [3.63, 3.8) is 0 Å². The van der Waals surface area contributed by atoms with Gasteiger partial charge in [0.25, 0.3) is 0 Å². The zero-order chi connectivity index (χ0) is 17.1. The second kappa shape index (κ2) is 10.4. The fraction of sp³-hybridized carbons (Fsp3) is 0.312. The molecule has 1 rings (SSSR count). The normalized spacial score (nSPS) is 11.3. The van der Waals surface area contributed by atoms with Gasteiger partial charge in [-0.3, -0.25) is 4.79 Å². The highest BCUT2D eigenvalue weighted by Crippen LogP contribution is 2.12. The second-order valence-corrected chi connectivity index (χ2v) is 5.57. The standard InChI is InChI=1S/C16H18N2O4S/c1-2-7-22-9-14(16(20)21)18-15(19)11-23-10-13-5-3-12(8-17)4-6-13/h2-6,14H,1,7,9-11H2,(H,18,19)(H,20,21). The summed E-state index contributed by atoms with van der Waals surface area (Å²) in [6.07, 6.45) is 1.51. The van der Waals surface area contributed by atoms with Gasteiger partial charge in [0.1, 0.15) is 0 Å². The highest BCUT2D eigenvalue weighted by Gasteiger charge is 2.19. The van der Waals surface area contributed by atoms with Crippen molar-refractivity contribution in [3.8, 4) is 6.07 Å². The molecule has 0 saturated heterocycles. The molecule has 1 aromatic rings. The molecule has 0 spiro atoms. The molecular formula is C16H18N2O4S. The predicted octanol–water partition coefficient (Wildman–Crippen LogP) is 1.56. The number of nitrogens with zero attached hydrogens (tertiary/aromatic N) is 1. The van der Waals surface area contributed by atoms with Gasteiger partial charge in [-0.25, -0.2) is 4.79 Å². The summed E-state index contributed by atoms with van der Waals surface area (Å²) in [5.74, 6) is -0.757. The van der Waals surface area contributed by atoms with E-state index in [1.165, 1.54) is 17.8 Å². The third-order valence-corrected chi connectivity index (χ3v) is 3.74. The Balaban J connectivity index is 2.35. The van der Waals surface area contributed by atoms with E-state index >= 15 is 0 Å². The number of hydrogen-bond donors (Lipinski definition) is 2. The van der Waals surface area contributed by atoms with Crippen LogP contribution in [0.15, 0.2) is 36.9 Å². The van der Waals surface area contributed by atoms with Crippen LogP contribution in [0.3, 0.4) is 0 Å². The monoisotopic (exact) mass is 334 g/mol. The minimum absolute atomic E-state index is 0.104. The second-order valence-electron chi connectivity index (χ2n) is 4.59. The maximum absolute atomic E-state index is 11.8. The van der Waals surface area contributed by atoms with Gasteiger partial charge >= 0.3 is 5.97 Å². The van der Waals surface area contributed by atoms with E-state index in [2.05, 4.69) is 11.9 Å². The van der Waals surface area contributed by atoms with Gasteiger partial charge in [-0.05, 0) is 17.7 Å². The molecule has 1 atom stereocenters. The third kappa shape index (κ3) is 7.49. The molecule has 0 saturated carbocycles. The number of carboxylic acid groups (broad SMARTS) is 1. The van der Waals surface area contributed by atoms with Crippen LogP contribution in [-0.4, -0.2) is 42.0 Å². The van der Waals surface area contributed by atoms with E-state index in [-0.39, 0.29) is 24.9 Å². The SMILES string of the molecule is C=CCOCC(NC(=O)CSCc1ccc(C#N)cc1)C(=O)O. The summed E-state index contributed by atoms with van der Waals surface area (Å²) in [5.41, 5.74) is 1.58. The van der Waals surface area contributed by atoms with Gasteiger partial charge in [0.2, 0.25) is 5.91 Å². The Morgan fingerprint density at radius 1 is 1.43 bits per heavy atom. The van der Waals surface area contributed by atoms with Crippen LogP contribution in [0.25, 0.3) is 0 Å². The zero-order valence-electron chi connectivity index (χ0n) is 12.5. The van der Waals surface area contributed by atoms with Gasteiger partial charge in [-0.2, -0.15) is 5.26 Å². The Labute approximate surface area is 139 Å². The molecule has 6 nitrogen and oxygen atoms in total. The number of carbonyl (C=O) groups is 2. The molecule has 0 heterocycles. The first-order valence-corrected chi connectivity index (χ1v) is 8.00. The number of thioether (sulfide) groups is 1. The molecule has 0 aliphatic rings. The highest BCUT2D eigenvalue weighted by molar-refractivity contribution is 7.99. The van der Waals surface area contributed by atoms with E-state index < -0.39 is 12.0 Å². The van der Waals surface area contributed by atoms with Crippen LogP contribution in [0.1, 0.15) is 11.1 Å². The van der Waals surface area contributed by atoms with Crippen LogP contribution in [0.2, 0.25) is 0 Å². The number of amides is 1. The average molecular weight is 334 g/mol. The summed E-state index contributed by atoms with van der Waals surface area (Å²) in [6, 6.07) is 8.05. The van der Waals surface area contributed by atoms with Crippen molar-refractivity contribution in [2.24, 2.45) is 0 Å². The van der Waals surface area contributed by atoms with Crippen molar-refractivity contribution < 1.29 is 19.4 Å². The summed E-state index contributed by atoms with van der Waals surface area (Å²) in [7, 11) is 0. The quantitative estimate of drug-likeness (QED) is 0.498. The average Bonchev–Trinajstić information content (AvgIpc) is 2.54. The zero-order valence-corrected chi connectivity index (χ0v) is 13.3. The minimum Gasteiger partial charge on any atom is -0.480 e. The maximum Gasteiger partial charge on any atom is 0.328 e. The molecule has 2 N–H and O–H groups in total. The maximum atomic E-state index is 11.8. The lowest BCUT2D eigenvalue weighted by Crippen LogP contribution is -2.44. The summed E-state index contributed by atoms with van der Waals surface area (Å²) in [5, 5.41) is 20.2. The molecule has 1 unspecified atom stereocenters. The Morgan fingerprint density at radius 2 is 2.13 bits per heavy atom. The summed E-state index contributed by atoms with van der Waals surface area (Å²) < 4.78 is 5.06. The number of rotatable bonds is 10. The molecular weight excluding hydrogens is 316 g/mol. The van der Waals surface area contributed by atoms with Gasteiger partial charge in [0, 0.05) is 5.75 Å². The van der Waals surface area contributed by atoms with Crippen molar-refractivity contribution in [1.82, 2.24) is 5.32 Å². The van der Waals surface area contributed by atoms with E-state index in [1.807, 2.05) is 18.2 Å². The molecule has 7 heteroatoms. The molecule has 0 aliphatic heterocycles. The molecule has 23 heavy (non-hydrogen) atoms. The molecule has 1 amide bonds. The molecule has 0 fully saturated rings. The number of carboxylic acids is 1. The first kappa shape index (κ1) is 18.7. The number of benzene rings is 1. The van der Waals surface area contributed by atoms with E-state index in [9.17, 15) is 9.59 Å². The van der Waals surface area contributed by atoms with Crippen LogP contribution in [0, 0.1) is 11.3 Å². The molecule has 0 aromatic heterocycles. The van der Waals surface area contributed by atoms with Gasteiger partial charge in [-0.1, -0.05) is 18.2 Å². The van der Waals surface area contributed by atoms with Crippen molar-refractivity contribution in [3.05, 3.63) is 48.0 Å². The van der Waals surface area contributed by atoms with Gasteiger partial charge < -0.3 is 15.2 Å². The molecule has 1 aromatic carbocycles. The van der Waals surface area contributed by atoms with Crippen LogP contribution < -0.4 is 5.32 Å². The van der Waals surface area contributed by atoms with Crippen LogP contribution in [-0.2, 0) is 20.1 Å². The van der Waals surface area contributed by atoms with Crippen molar-refractivity contribution >= 4 is 23.6 Å². The molecule has 0 bridgehead atoms. The lowest BCUT2D eigenvalue weighted by molar-refractivity contribution is -0.143. The largest absolute Gasteiger partial charge is 0.480 e. The van der Waals surface area contributed by atoms with E-state index in [0.29, 0.717) is 11.3 Å². The van der Waals surface area contributed by atoms with Gasteiger partial charge in [0.15, 0.2) is 6.04 Å². The third-order valence-electron chi connectivity index (χ3n) is 2.74. The van der Waals surface area contributed by atoms with Crippen LogP contribution in [0.5, 0.6) is 0 Å². The molecule has 0 radical (unpaired) electrons. The van der Waals surface area contributed by atoms with Gasteiger partial charge in [-0.15, -0.1) is 18.3 Å². The highest BCUT2D eigenvalue weighted by atomic mass is 32.2. The first-order valence-electron chi connectivity index (χ1n) is 6.84.